The number of azo groups is 1. The normalized spacial score (nSPS) is 11.6. The Morgan fingerprint density at radius 2 is 1.71 bits per heavy atom. The van der Waals surface area contributed by atoms with Crippen molar-refractivity contribution in [2.75, 3.05) is 0 Å². The summed E-state index contributed by atoms with van der Waals surface area (Å²) in [7, 11) is 0. The summed E-state index contributed by atoms with van der Waals surface area (Å²) < 4.78 is 15.0. The third kappa shape index (κ3) is 2.67. The molecule has 1 aromatic carbocycles. The van der Waals surface area contributed by atoms with Crippen LogP contribution < -0.4 is 0 Å². The summed E-state index contributed by atoms with van der Waals surface area (Å²) in [4.78, 5) is 4.34. The summed E-state index contributed by atoms with van der Waals surface area (Å²) in [6.45, 7) is 5.86. The van der Waals surface area contributed by atoms with E-state index in [1.165, 1.54) is 12.3 Å². The van der Waals surface area contributed by atoms with Gasteiger partial charge in [-0.3, -0.25) is 4.40 Å². The molecule has 0 unspecified atom stereocenters. The fourth-order valence-corrected chi connectivity index (χ4v) is 2.36. The van der Waals surface area contributed by atoms with E-state index in [4.69, 9.17) is 0 Å². The maximum absolute atomic E-state index is 13.4. The molecule has 0 saturated carbocycles. The van der Waals surface area contributed by atoms with Gasteiger partial charge in [0.05, 0.1) is 11.4 Å². The lowest BCUT2D eigenvalue weighted by Crippen LogP contribution is -1.85. The maximum atomic E-state index is 13.4. The molecule has 3 aromatic rings. The zero-order valence-corrected chi connectivity index (χ0v) is 12.1. The Morgan fingerprint density at radius 1 is 1.00 bits per heavy atom. The fraction of sp³-hybridized carbons (Fsp3) is 0.188. The topological polar surface area (TPSA) is 42.0 Å². The molecular formula is C16H15FN4. The molecule has 0 saturated heterocycles. The number of aryl methyl sites for hydroxylation is 3. The molecule has 0 aliphatic carbocycles. The van der Waals surface area contributed by atoms with Crippen molar-refractivity contribution in [3.63, 3.8) is 0 Å². The molecule has 106 valence electrons. The van der Waals surface area contributed by atoms with Crippen molar-refractivity contribution in [2.24, 2.45) is 10.2 Å². The van der Waals surface area contributed by atoms with Crippen molar-refractivity contribution in [1.82, 2.24) is 9.38 Å². The summed E-state index contributed by atoms with van der Waals surface area (Å²) in [6.07, 6.45) is 1.37. The van der Waals surface area contributed by atoms with Gasteiger partial charge in [0.2, 0.25) is 0 Å². The highest BCUT2D eigenvalue weighted by molar-refractivity contribution is 5.52. The monoisotopic (exact) mass is 282 g/mol. The van der Waals surface area contributed by atoms with Gasteiger partial charge in [-0.2, -0.15) is 0 Å². The van der Waals surface area contributed by atoms with E-state index in [-0.39, 0.29) is 5.82 Å². The minimum atomic E-state index is -0.331. The maximum Gasteiger partial charge on any atom is 0.182 e. The molecule has 0 fully saturated rings. The number of benzene rings is 1. The van der Waals surface area contributed by atoms with E-state index >= 15 is 0 Å². The highest BCUT2D eigenvalue weighted by Gasteiger charge is 2.08. The number of halogens is 1. The van der Waals surface area contributed by atoms with Crippen LogP contribution in [-0.4, -0.2) is 9.38 Å². The van der Waals surface area contributed by atoms with E-state index in [0.717, 1.165) is 16.8 Å². The van der Waals surface area contributed by atoms with E-state index in [1.807, 2.05) is 32.9 Å². The standard InChI is InChI=1S/C16H15FN4/c1-10-6-11(2)8-14(7-10)19-20-16-12(3)18-15-5-4-13(17)9-21(15)16/h4-9H,1-3H3. The number of aromatic nitrogens is 2. The molecule has 0 bridgehead atoms. The minimum Gasteiger partial charge on any atom is -0.280 e. The zero-order chi connectivity index (χ0) is 15.0. The first-order chi connectivity index (χ1) is 10.0. The molecule has 21 heavy (non-hydrogen) atoms. The van der Waals surface area contributed by atoms with Crippen molar-refractivity contribution < 1.29 is 4.39 Å². The van der Waals surface area contributed by atoms with Gasteiger partial charge in [0.15, 0.2) is 5.82 Å². The molecule has 0 amide bonds. The largest absolute Gasteiger partial charge is 0.280 e. The second kappa shape index (κ2) is 5.09. The lowest BCUT2D eigenvalue weighted by Gasteiger charge is -1.99. The second-order valence-corrected chi connectivity index (χ2v) is 5.14. The van der Waals surface area contributed by atoms with Crippen molar-refractivity contribution in [2.45, 2.75) is 20.8 Å². The van der Waals surface area contributed by atoms with E-state index in [0.29, 0.717) is 17.2 Å². The number of fused-ring (bicyclic) bond motifs is 1. The van der Waals surface area contributed by atoms with E-state index < -0.39 is 0 Å². The lowest BCUT2D eigenvalue weighted by atomic mass is 10.1. The fourth-order valence-electron chi connectivity index (χ4n) is 2.36. The number of imidazole rings is 1. The quantitative estimate of drug-likeness (QED) is 0.622. The molecule has 4 nitrogen and oxygen atoms in total. The summed E-state index contributed by atoms with van der Waals surface area (Å²) >= 11 is 0. The van der Waals surface area contributed by atoms with E-state index in [1.54, 1.807) is 10.5 Å². The highest BCUT2D eigenvalue weighted by atomic mass is 19.1. The Balaban J connectivity index is 2.06. The van der Waals surface area contributed by atoms with Gasteiger partial charge in [0, 0.05) is 6.20 Å². The number of pyridine rings is 1. The summed E-state index contributed by atoms with van der Waals surface area (Å²) in [5, 5.41) is 8.50. The van der Waals surface area contributed by atoms with Crippen LogP contribution in [0.2, 0.25) is 0 Å². The molecule has 0 aliphatic heterocycles. The molecule has 0 aliphatic rings. The van der Waals surface area contributed by atoms with E-state index in [9.17, 15) is 4.39 Å². The van der Waals surface area contributed by atoms with Gasteiger partial charge in [-0.05, 0) is 56.2 Å². The Labute approximate surface area is 122 Å². The molecular weight excluding hydrogens is 267 g/mol. The summed E-state index contributed by atoms with van der Waals surface area (Å²) in [6, 6.07) is 8.99. The van der Waals surface area contributed by atoms with Gasteiger partial charge in [-0.15, -0.1) is 10.2 Å². The summed E-state index contributed by atoms with van der Waals surface area (Å²) in [5.41, 5.74) is 4.41. The van der Waals surface area contributed by atoms with Crippen LogP contribution in [0.25, 0.3) is 5.65 Å². The van der Waals surface area contributed by atoms with E-state index in [2.05, 4.69) is 21.3 Å². The molecule has 0 N–H and O–H groups in total. The average molecular weight is 282 g/mol. The Bertz CT molecular complexity index is 829. The molecule has 0 atom stereocenters. The zero-order valence-electron chi connectivity index (χ0n) is 12.1. The van der Waals surface area contributed by atoms with Gasteiger partial charge in [-0.1, -0.05) is 6.07 Å². The first-order valence-electron chi connectivity index (χ1n) is 6.67. The van der Waals surface area contributed by atoms with Crippen LogP contribution in [0.3, 0.4) is 0 Å². The van der Waals surface area contributed by atoms with Crippen molar-refractivity contribution in [3.8, 4) is 0 Å². The number of rotatable bonds is 2. The SMILES string of the molecule is Cc1cc(C)cc(N=Nc2c(C)nc3ccc(F)cn23)c1. The van der Waals surface area contributed by atoms with Gasteiger partial charge in [0.25, 0.3) is 0 Å². The molecule has 3 rings (SSSR count). The number of hydrogen-bond acceptors (Lipinski definition) is 3. The van der Waals surface area contributed by atoms with Crippen molar-refractivity contribution in [3.05, 3.63) is 59.2 Å². The van der Waals surface area contributed by atoms with Gasteiger partial charge in [0.1, 0.15) is 11.5 Å². The third-order valence-electron chi connectivity index (χ3n) is 3.19. The van der Waals surface area contributed by atoms with Gasteiger partial charge in [-0.25, -0.2) is 9.37 Å². The van der Waals surface area contributed by atoms with Crippen LogP contribution in [-0.2, 0) is 0 Å². The Kier molecular flexibility index (Phi) is 3.25. The smallest absolute Gasteiger partial charge is 0.182 e. The van der Waals surface area contributed by atoms with Crippen LogP contribution in [0.4, 0.5) is 15.9 Å². The molecule has 2 aromatic heterocycles. The molecule has 2 heterocycles. The van der Waals surface area contributed by atoms with Crippen molar-refractivity contribution >= 4 is 17.2 Å². The van der Waals surface area contributed by atoms with Crippen LogP contribution >= 0.6 is 0 Å². The first kappa shape index (κ1) is 13.4. The third-order valence-corrected chi connectivity index (χ3v) is 3.19. The van der Waals surface area contributed by atoms with Crippen LogP contribution in [0.15, 0.2) is 46.8 Å². The molecule has 0 spiro atoms. The Morgan fingerprint density at radius 3 is 2.43 bits per heavy atom. The minimum absolute atomic E-state index is 0.331. The average Bonchev–Trinajstić information content (AvgIpc) is 2.70. The van der Waals surface area contributed by atoms with Crippen molar-refractivity contribution in [1.29, 1.82) is 0 Å². The van der Waals surface area contributed by atoms with Gasteiger partial charge >= 0.3 is 0 Å². The molecule has 5 heteroatoms. The van der Waals surface area contributed by atoms with Gasteiger partial charge < -0.3 is 0 Å². The Hall–Kier alpha value is -2.56. The number of hydrogen-bond donors (Lipinski definition) is 0. The predicted octanol–water partition coefficient (Wildman–Crippen LogP) is 4.81. The molecule has 0 radical (unpaired) electrons. The van der Waals surface area contributed by atoms with Crippen LogP contribution in [0.1, 0.15) is 16.8 Å². The summed E-state index contributed by atoms with van der Waals surface area (Å²) in [5.74, 6) is 0.214. The van der Waals surface area contributed by atoms with Crippen LogP contribution in [0.5, 0.6) is 0 Å². The van der Waals surface area contributed by atoms with Crippen LogP contribution in [0, 0.1) is 26.6 Å². The first-order valence-corrected chi connectivity index (χ1v) is 6.67. The number of nitrogens with zero attached hydrogens (tertiary/aromatic N) is 4. The highest BCUT2D eigenvalue weighted by Crippen LogP contribution is 2.24. The second-order valence-electron chi connectivity index (χ2n) is 5.14. The predicted molar refractivity (Wildman–Crippen MR) is 80.0 cm³/mol. The lowest BCUT2D eigenvalue weighted by molar-refractivity contribution is 0.619.